The smallest absolute Gasteiger partial charge is 0.129 e. The largest absolute Gasteiger partial charge is 0.245 e. The van der Waals surface area contributed by atoms with Crippen LogP contribution in [0.3, 0.4) is 0 Å². The lowest BCUT2D eigenvalue weighted by Crippen LogP contribution is -2.39. The van der Waals surface area contributed by atoms with Gasteiger partial charge in [0.2, 0.25) is 0 Å². The minimum Gasteiger partial charge on any atom is -0.245 e. The summed E-state index contributed by atoms with van der Waals surface area (Å²) in [4.78, 5) is 4.08. The predicted octanol–water partition coefficient (Wildman–Crippen LogP) is 3.04. The highest BCUT2D eigenvalue weighted by molar-refractivity contribution is 9.10. The van der Waals surface area contributed by atoms with Crippen molar-refractivity contribution < 1.29 is 0 Å². The molecule has 0 saturated heterocycles. The molecular weight excluding hydrogens is 254 g/mol. The van der Waals surface area contributed by atoms with Crippen LogP contribution in [0.2, 0.25) is 24.8 Å². The fraction of sp³-hybridized carbons (Fsp3) is 0.375. The van der Waals surface area contributed by atoms with E-state index in [-0.39, 0.29) is 0 Å². The first-order valence-electron chi connectivity index (χ1n) is 3.73. The maximum atomic E-state index is 6.01. The van der Waals surface area contributed by atoms with Crippen molar-refractivity contribution in [3.8, 4) is 0 Å². The van der Waals surface area contributed by atoms with Gasteiger partial charge in [0.05, 0.1) is 8.07 Å². The Morgan fingerprint density at radius 2 is 2.00 bits per heavy atom. The summed E-state index contributed by atoms with van der Waals surface area (Å²) in [6.45, 7) is 6.75. The van der Waals surface area contributed by atoms with Crippen LogP contribution < -0.4 is 5.19 Å². The highest BCUT2D eigenvalue weighted by Crippen LogP contribution is 2.17. The SMILES string of the molecule is C[Si](C)(C)c1c(Br)ccnc1Cl. The van der Waals surface area contributed by atoms with E-state index in [9.17, 15) is 0 Å². The lowest BCUT2D eigenvalue weighted by Gasteiger charge is -2.18. The van der Waals surface area contributed by atoms with Crippen molar-refractivity contribution in [3.05, 3.63) is 21.9 Å². The van der Waals surface area contributed by atoms with E-state index in [2.05, 4.69) is 40.6 Å². The van der Waals surface area contributed by atoms with Crippen LogP contribution in [-0.2, 0) is 0 Å². The third-order valence-electron chi connectivity index (χ3n) is 1.60. The highest BCUT2D eigenvalue weighted by atomic mass is 79.9. The first-order chi connectivity index (χ1) is 5.43. The second-order valence-electron chi connectivity index (χ2n) is 3.71. The van der Waals surface area contributed by atoms with Crippen molar-refractivity contribution in [1.82, 2.24) is 4.98 Å². The molecular formula is C8H11BrClNSi. The molecule has 0 N–H and O–H groups in total. The Morgan fingerprint density at radius 3 is 2.33 bits per heavy atom. The standard InChI is InChI=1S/C8H11BrClNSi/c1-12(2,3)7-6(9)4-5-11-8(7)10/h4-5H,1-3H3. The second-order valence-corrected chi connectivity index (χ2v) is 9.92. The van der Waals surface area contributed by atoms with Gasteiger partial charge >= 0.3 is 0 Å². The minimum absolute atomic E-state index is 0.642. The van der Waals surface area contributed by atoms with E-state index in [0.29, 0.717) is 5.15 Å². The van der Waals surface area contributed by atoms with Crippen LogP contribution in [0, 0.1) is 0 Å². The van der Waals surface area contributed by atoms with Gasteiger partial charge in [-0.1, -0.05) is 47.2 Å². The first-order valence-corrected chi connectivity index (χ1v) is 8.40. The number of pyridine rings is 1. The van der Waals surface area contributed by atoms with Gasteiger partial charge in [-0.15, -0.1) is 0 Å². The van der Waals surface area contributed by atoms with Gasteiger partial charge in [0.1, 0.15) is 5.15 Å². The first kappa shape index (κ1) is 10.2. The molecule has 0 radical (unpaired) electrons. The Labute approximate surface area is 87.3 Å². The molecule has 12 heavy (non-hydrogen) atoms. The topological polar surface area (TPSA) is 12.9 Å². The molecule has 0 amide bonds. The summed E-state index contributed by atoms with van der Waals surface area (Å²) in [6, 6.07) is 1.94. The predicted molar refractivity (Wildman–Crippen MR) is 59.9 cm³/mol. The van der Waals surface area contributed by atoms with Crippen LogP contribution in [0.5, 0.6) is 0 Å². The number of rotatable bonds is 1. The molecule has 0 aliphatic rings. The van der Waals surface area contributed by atoms with Crippen LogP contribution >= 0.6 is 27.5 Å². The molecule has 0 bridgehead atoms. The number of nitrogens with zero attached hydrogens (tertiary/aromatic N) is 1. The molecule has 66 valence electrons. The summed E-state index contributed by atoms with van der Waals surface area (Å²) >= 11 is 9.50. The van der Waals surface area contributed by atoms with Gasteiger partial charge < -0.3 is 0 Å². The zero-order chi connectivity index (χ0) is 9.35. The lowest BCUT2D eigenvalue weighted by molar-refractivity contribution is 1.33. The summed E-state index contributed by atoms with van der Waals surface area (Å²) in [7, 11) is -1.36. The molecule has 0 aliphatic heterocycles. The monoisotopic (exact) mass is 263 g/mol. The third-order valence-corrected chi connectivity index (χ3v) is 5.08. The molecule has 0 aliphatic carbocycles. The molecule has 1 aromatic rings. The summed E-state index contributed by atoms with van der Waals surface area (Å²) < 4.78 is 1.08. The van der Waals surface area contributed by atoms with Gasteiger partial charge in [-0.3, -0.25) is 0 Å². The summed E-state index contributed by atoms with van der Waals surface area (Å²) in [6.07, 6.45) is 1.72. The van der Waals surface area contributed by atoms with Crippen LogP contribution in [0.15, 0.2) is 16.7 Å². The molecule has 0 fully saturated rings. The van der Waals surface area contributed by atoms with E-state index in [4.69, 9.17) is 11.6 Å². The summed E-state index contributed by atoms with van der Waals surface area (Å²) in [5, 5.41) is 1.84. The van der Waals surface area contributed by atoms with Crippen molar-refractivity contribution in [2.45, 2.75) is 19.6 Å². The Bertz CT molecular complexity index is 275. The maximum absolute atomic E-state index is 6.01. The average molecular weight is 265 g/mol. The van der Waals surface area contributed by atoms with Crippen molar-refractivity contribution in [2.75, 3.05) is 0 Å². The molecule has 0 unspecified atom stereocenters. The van der Waals surface area contributed by atoms with Gasteiger partial charge in [-0.25, -0.2) is 4.98 Å². The Kier molecular flexibility index (Phi) is 2.96. The fourth-order valence-electron chi connectivity index (χ4n) is 1.08. The van der Waals surface area contributed by atoms with Gasteiger partial charge in [-0.05, 0) is 11.3 Å². The molecule has 1 aromatic heterocycles. The molecule has 0 atom stereocenters. The number of aromatic nitrogens is 1. The van der Waals surface area contributed by atoms with E-state index in [1.165, 1.54) is 5.19 Å². The molecule has 1 rings (SSSR count). The number of halogens is 2. The van der Waals surface area contributed by atoms with Gasteiger partial charge in [0.25, 0.3) is 0 Å². The van der Waals surface area contributed by atoms with Crippen molar-refractivity contribution in [2.24, 2.45) is 0 Å². The van der Waals surface area contributed by atoms with Gasteiger partial charge in [-0.2, -0.15) is 0 Å². The Morgan fingerprint density at radius 1 is 1.42 bits per heavy atom. The number of hydrogen-bond donors (Lipinski definition) is 0. The number of hydrogen-bond acceptors (Lipinski definition) is 1. The van der Waals surface area contributed by atoms with Crippen LogP contribution in [-0.4, -0.2) is 13.1 Å². The summed E-state index contributed by atoms with van der Waals surface area (Å²) in [5.41, 5.74) is 0. The average Bonchev–Trinajstić information content (AvgIpc) is 1.82. The highest BCUT2D eigenvalue weighted by Gasteiger charge is 2.22. The third kappa shape index (κ3) is 2.09. The van der Waals surface area contributed by atoms with Gasteiger partial charge in [0, 0.05) is 10.7 Å². The quantitative estimate of drug-likeness (QED) is 0.561. The van der Waals surface area contributed by atoms with Gasteiger partial charge in [0.15, 0.2) is 0 Å². The van der Waals surface area contributed by atoms with E-state index >= 15 is 0 Å². The van der Waals surface area contributed by atoms with Crippen LogP contribution in [0.4, 0.5) is 0 Å². The maximum Gasteiger partial charge on any atom is 0.129 e. The molecule has 4 heteroatoms. The lowest BCUT2D eigenvalue weighted by atomic mass is 10.5. The molecule has 0 saturated carbocycles. The van der Waals surface area contributed by atoms with E-state index in [0.717, 1.165) is 4.47 Å². The molecule has 0 aromatic carbocycles. The molecule has 1 heterocycles. The molecule has 0 spiro atoms. The van der Waals surface area contributed by atoms with Crippen molar-refractivity contribution >= 4 is 40.8 Å². The Balaban J connectivity index is 3.31. The van der Waals surface area contributed by atoms with E-state index < -0.39 is 8.07 Å². The van der Waals surface area contributed by atoms with Crippen molar-refractivity contribution in [3.63, 3.8) is 0 Å². The zero-order valence-electron chi connectivity index (χ0n) is 7.36. The normalized spacial score (nSPS) is 11.8. The van der Waals surface area contributed by atoms with Crippen molar-refractivity contribution in [1.29, 1.82) is 0 Å². The van der Waals surface area contributed by atoms with E-state index in [1.54, 1.807) is 6.20 Å². The van der Waals surface area contributed by atoms with E-state index in [1.807, 2.05) is 6.07 Å². The van der Waals surface area contributed by atoms with Crippen LogP contribution in [0.1, 0.15) is 0 Å². The summed E-state index contributed by atoms with van der Waals surface area (Å²) in [5.74, 6) is 0. The fourth-order valence-corrected chi connectivity index (χ4v) is 5.78. The zero-order valence-corrected chi connectivity index (χ0v) is 10.7. The molecule has 1 nitrogen and oxygen atoms in total. The minimum atomic E-state index is -1.36. The van der Waals surface area contributed by atoms with Crippen LogP contribution in [0.25, 0.3) is 0 Å². The Hall–Kier alpha value is 0.137. The second kappa shape index (κ2) is 3.48.